The molecule has 1 aliphatic rings. The molecule has 0 N–H and O–H groups in total. The molecule has 0 amide bonds. The zero-order chi connectivity index (χ0) is 34.8. The van der Waals surface area contributed by atoms with E-state index in [9.17, 15) is 0 Å². The second-order valence-corrected chi connectivity index (χ2v) is 27.2. The first-order valence-corrected chi connectivity index (χ1v) is 24.3. The lowest BCUT2D eigenvalue weighted by atomic mass is 9.90. The van der Waals surface area contributed by atoms with Gasteiger partial charge in [-0.2, -0.15) is 0 Å². The van der Waals surface area contributed by atoms with E-state index in [2.05, 4.69) is 126 Å². The van der Waals surface area contributed by atoms with E-state index in [0.29, 0.717) is 12.5 Å². The summed E-state index contributed by atoms with van der Waals surface area (Å²) in [5.41, 5.74) is 1.21. The average Bonchev–Trinajstić information content (AvgIpc) is 2.92. The average molecular weight is 679 g/mol. The van der Waals surface area contributed by atoms with E-state index < -0.39 is 22.4 Å². The molecule has 0 aliphatic carbocycles. The third kappa shape index (κ3) is 14.1. The first-order valence-electron chi connectivity index (χ1n) is 18.5. The first kappa shape index (κ1) is 41.6. The van der Waals surface area contributed by atoms with Gasteiger partial charge in [0, 0.05) is 19.1 Å². The number of hydrogen-bond acceptors (Lipinski definition) is 5. The molecule has 5 nitrogen and oxygen atoms in total. The Kier molecular flexibility index (Phi) is 16.2. The van der Waals surface area contributed by atoms with Gasteiger partial charge in [0.05, 0.1) is 24.9 Å². The lowest BCUT2D eigenvalue weighted by Gasteiger charge is -2.43. The maximum Gasteiger partial charge on any atom is 0.192 e. The van der Waals surface area contributed by atoms with Gasteiger partial charge in [-0.25, -0.2) is 0 Å². The fourth-order valence-electron chi connectivity index (χ4n) is 5.79. The molecule has 5 atom stereocenters. The van der Waals surface area contributed by atoms with Crippen molar-refractivity contribution < 1.29 is 23.1 Å². The van der Waals surface area contributed by atoms with Crippen molar-refractivity contribution in [3.8, 4) is 0 Å². The summed E-state index contributed by atoms with van der Waals surface area (Å²) in [5, 5.41) is 0.335. The lowest BCUT2D eigenvalue weighted by molar-refractivity contribution is -0.308. The van der Waals surface area contributed by atoms with E-state index in [1.165, 1.54) is 24.8 Å². The van der Waals surface area contributed by atoms with Crippen molar-refractivity contribution in [1.82, 2.24) is 0 Å². The Morgan fingerprint density at radius 3 is 2.07 bits per heavy atom. The summed E-state index contributed by atoms with van der Waals surface area (Å²) in [6, 6.07) is 10.5. The number of unbranched alkanes of at least 4 members (excludes halogenated alkanes) is 1. The highest BCUT2D eigenvalue weighted by Crippen LogP contribution is 2.40. The van der Waals surface area contributed by atoms with Crippen LogP contribution in [0, 0.1) is 5.92 Å². The van der Waals surface area contributed by atoms with E-state index in [1.807, 2.05) is 0 Å². The molecule has 268 valence electrons. The Balaban J connectivity index is 2.17. The molecule has 7 heteroatoms. The zero-order valence-corrected chi connectivity index (χ0v) is 34.6. The predicted octanol–water partition coefficient (Wildman–Crippen LogP) is 11.7. The van der Waals surface area contributed by atoms with Crippen LogP contribution in [0.25, 0.3) is 0 Å². The fourth-order valence-corrected chi connectivity index (χ4v) is 8.25. The third-order valence-corrected chi connectivity index (χ3v) is 20.0. The van der Waals surface area contributed by atoms with Gasteiger partial charge in [0.1, 0.15) is 0 Å². The summed E-state index contributed by atoms with van der Waals surface area (Å²) < 4.78 is 33.4. The highest BCUT2D eigenvalue weighted by Gasteiger charge is 2.41. The van der Waals surface area contributed by atoms with Gasteiger partial charge in [-0.05, 0) is 100 Å². The molecule has 1 fully saturated rings. The molecule has 1 aliphatic heterocycles. The van der Waals surface area contributed by atoms with Crippen LogP contribution in [0.2, 0.25) is 36.3 Å². The molecule has 2 rings (SSSR count). The summed E-state index contributed by atoms with van der Waals surface area (Å²) in [4.78, 5) is 0. The maximum absolute atomic E-state index is 7.18. The van der Waals surface area contributed by atoms with Crippen molar-refractivity contribution in [3.63, 3.8) is 0 Å². The molecular weight excluding hydrogens is 605 g/mol. The van der Waals surface area contributed by atoms with Gasteiger partial charge < -0.3 is 23.1 Å². The fraction of sp³-hybridized carbons (Fsp3) is 0.846. The normalized spacial score (nSPS) is 21.6. The quantitative estimate of drug-likeness (QED) is 0.136. The topological polar surface area (TPSA) is 46.2 Å². The highest BCUT2D eigenvalue weighted by molar-refractivity contribution is 6.74. The van der Waals surface area contributed by atoms with Crippen molar-refractivity contribution in [3.05, 3.63) is 35.9 Å². The largest absolute Gasteiger partial charge is 0.417 e. The monoisotopic (exact) mass is 679 g/mol. The molecular formula is C39H74O5Si2. The molecule has 0 unspecified atom stereocenters. The molecule has 1 aromatic rings. The van der Waals surface area contributed by atoms with Crippen LogP contribution in [0.5, 0.6) is 0 Å². The van der Waals surface area contributed by atoms with E-state index in [4.69, 9.17) is 23.1 Å². The zero-order valence-electron chi connectivity index (χ0n) is 32.6. The number of benzene rings is 1. The van der Waals surface area contributed by atoms with Crippen LogP contribution in [0.4, 0.5) is 0 Å². The van der Waals surface area contributed by atoms with Crippen LogP contribution in [0.15, 0.2) is 30.3 Å². The minimum Gasteiger partial charge on any atom is -0.417 e. The summed E-state index contributed by atoms with van der Waals surface area (Å²) in [6.45, 7) is 33.5. The summed E-state index contributed by atoms with van der Waals surface area (Å²) >= 11 is 0. The smallest absolute Gasteiger partial charge is 0.192 e. The predicted molar refractivity (Wildman–Crippen MR) is 200 cm³/mol. The Hall–Kier alpha value is -0.546. The highest BCUT2D eigenvalue weighted by atomic mass is 28.4. The van der Waals surface area contributed by atoms with Gasteiger partial charge >= 0.3 is 0 Å². The molecule has 1 aromatic carbocycles. The molecule has 1 heterocycles. The van der Waals surface area contributed by atoms with Gasteiger partial charge in [0.15, 0.2) is 22.4 Å². The van der Waals surface area contributed by atoms with E-state index in [0.717, 1.165) is 45.1 Å². The van der Waals surface area contributed by atoms with Crippen molar-refractivity contribution in [2.45, 2.75) is 200 Å². The number of hydrogen-bond donors (Lipinski definition) is 0. The SMILES string of the molecule is CCCC[C@H](C)[C@@H]1C[C@H](CCC[C@@H](C[C@H](CCO[Si](C)(C)C(C)(C)C)OCc2ccccc2)O[Si](C)(C)C(C)(C)C)OC(C)(C)O1. The molecule has 1 saturated heterocycles. The summed E-state index contributed by atoms with van der Waals surface area (Å²) in [5.74, 6) is 0.0161. The molecule has 0 bridgehead atoms. The number of ether oxygens (including phenoxy) is 3. The Morgan fingerprint density at radius 1 is 0.848 bits per heavy atom. The third-order valence-electron chi connectivity index (χ3n) is 10.9. The molecule has 0 radical (unpaired) electrons. The van der Waals surface area contributed by atoms with Gasteiger partial charge in [0.2, 0.25) is 0 Å². The lowest BCUT2D eigenvalue weighted by Crippen LogP contribution is -2.47. The van der Waals surface area contributed by atoms with Crippen molar-refractivity contribution in [2.24, 2.45) is 5.92 Å². The second kappa shape index (κ2) is 17.9. The van der Waals surface area contributed by atoms with Crippen LogP contribution < -0.4 is 0 Å². The van der Waals surface area contributed by atoms with Crippen LogP contribution in [0.3, 0.4) is 0 Å². The summed E-state index contributed by atoms with van der Waals surface area (Å²) in [7, 11) is -3.83. The first-order chi connectivity index (χ1) is 21.2. The van der Waals surface area contributed by atoms with Gasteiger partial charge in [-0.15, -0.1) is 0 Å². The van der Waals surface area contributed by atoms with Gasteiger partial charge in [-0.3, -0.25) is 0 Å². The Bertz CT molecular complexity index is 982. The summed E-state index contributed by atoms with van der Waals surface area (Å²) in [6.07, 6.45) is 10.3. The minimum atomic E-state index is -1.99. The second-order valence-electron chi connectivity index (χ2n) is 17.6. The Labute approximate surface area is 287 Å². The molecule has 46 heavy (non-hydrogen) atoms. The maximum atomic E-state index is 7.18. The standard InChI is InChI=1S/C39H74O5Si2/c1-15-16-21-31(2)36-29-34(42-39(9,10)43-36)24-20-25-35(44-46(13,14)38(6,7)8)28-33(40-30-32-22-18-17-19-23-32)26-27-41-45(11,12)37(3,4)5/h17-19,22-23,31,33-36H,15-16,20-21,24-30H2,1-14H3/t31-,33-,34-,35-,36-/m0/s1. The van der Waals surface area contributed by atoms with E-state index in [-0.39, 0.29) is 34.5 Å². The van der Waals surface area contributed by atoms with E-state index >= 15 is 0 Å². The van der Waals surface area contributed by atoms with Gasteiger partial charge in [-0.1, -0.05) is 98.6 Å². The number of rotatable bonds is 19. The molecule has 0 spiro atoms. The van der Waals surface area contributed by atoms with Crippen LogP contribution in [0.1, 0.15) is 133 Å². The van der Waals surface area contributed by atoms with Crippen LogP contribution >= 0.6 is 0 Å². The van der Waals surface area contributed by atoms with Crippen molar-refractivity contribution >= 4 is 16.6 Å². The van der Waals surface area contributed by atoms with Crippen LogP contribution in [-0.2, 0) is 29.7 Å². The Morgan fingerprint density at radius 2 is 1.48 bits per heavy atom. The minimum absolute atomic E-state index is 0.0711. The van der Waals surface area contributed by atoms with Gasteiger partial charge in [0.25, 0.3) is 0 Å². The van der Waals surface area contributed by atoms with Crippen LogP contribution in [-0.4, -0.2) is 53.4 Å². The molecule has 0 aromatic heterocycles. The molecule has 0 saturated carbocycles. The van der Waals surface area contributed by atoms with Crippen molar-refractivity contribution in [1.29, 1.82) is 0 Å². The van der Waals surface area contributed by atoms with Crippen molar-refractivity contribution in [2.75, 3.05) is 6.61 Å². The van der Waals surface area contributed by atoms with E-state index in [1.54, 1.807) is 0 Å².